The molecule has 12 heteroatoms. The Morgan fingerprint density at radius 3 is 2.66 bits per heavy atom. The molecule has 0 aromatic carbocycles. The lowest BCUT2D eigenvalue weighted by molar-refractivity contribution is -0.141. The van der Waals surface area contributed by atoms with Crippen molar-refractivity contribution in [3.63, 3.8) is 0 Å². The zero-order chi connectivity index (χ0) is 23.3. The van der Waals surface area contributed by atoms with Gasteiger partial charge < -0.3 is 16.2 Å². The van der Waals surface area contributed by atoms with Crippen molar-refractivity contribution in [2.75, 3.05) is 25.5 Å². The van der Waals surface area contributed by atoms with E-state index in [-0.39, 0.29) is 30.1 Å². The smallest absolute Gasteiger partial charge is 0.261 e. The molecule has 1 saturated heterocycles. The number of nitrogens with two attached hydrogens (primary N) is 1. The minimum Gasteiger partial charge on any atom is -0.398 e. The third-order valence-corrected chi connectivity index (χ3v) is 5.37. The molecule has 0 aliphatic carbocycles. The van der Waals surface area contributed by atoms with E-state index in [1.165, 1.54) is 42.9 Å². The first-order valence-corrected chi connectivity index (χ1v) is 10.3. The standard InChI is InChI=1S/C20H25ClF2N8O/c1-12-6-20(22,23)11-31(15(12)10-30-19-28-7-13(21)8-29-19)18(32)16(24)14(9-25-2)17-26-4-3-5-27-17/h3-5,7-9,12,15,18,32H,6,10-11,24H2,1-2H3,(H,28,29,30)/t12-,15?,18?/m1/s1. The van der Waals surface area contributed by atoms with Crippen LogP contribution in [0.2, 0.25) is 5.02 Å². The van der Waals surface area contributed by atoms with Crippen LogP contribution in [-0.2, 0) is 0 Å². The second-order valence-electron chi connectivity index (χ2n) is 7.59. The number of hydrogen-bond acceptors (Lipinski definition) is 9. The van der Waals surface area contributed by atoms with Crippen LogP contribution in [0.3, 0.4) is 0 Å². The summed E-state index contributed by atoms with van der Waals surface area (Å²) in [5.74, 6) is -2.92. The number of piperidine rings is 1. The van der Waals surface area contributed by atoms with Crippen molar-refractivity contribution in [3.8, 4) is 0 Å². The highest BCUT2D eigenvalue weighted by atomic mass is 35.5. The van der Waals surface area contributed by atoms with Gasteiger partial charge in [0.2, 0.25) is 5.95 Å². The SMILES string of the molecule is CN=CC(=C(N)C(O)N1CC(F)(F)C[C@@H](C)C1CNc1ncc(Cl)cn1)c1ncccn1. The molecule has 2 aromatic rings. The fourth-order valence-corrected chi connectivity index (χ4v) is 3.81. The number of likely N-dealkylation sites (tertiary alicyclic amines) is 1. The monoisotopic (exact) mass is 466 g/mol. The van der Waals surface area contributed by atoms with Crippen LogP contribution in [0, 0.1) is 5.92 Å². The molecule has 0 amide bonds. The zero-order valence-corrected chi connectivity index (χ0v) is 18.4. The summed E-state index contributed by atoms with van der Waals surface area (Å²) in [7, 11) is 1.53. The molecule has 4 N–H and O–H groups in total. The van der Waals surface area contributed by atoms with Crippen LogP contribution >= 0.6 is 11.6 Å². The van der Waals surface area contributed by atoms with E-state index in [2.05, 4.69) is 30.2 Å². The van der Waals surface area contributed by atoms with Crippen LogP contribution < -0.4 is 11.1 Å². The van der Waals surface area contributed by atoms with E-state index in [9.17, 15) is 13.9 Å². The van der Waals surface area contributed by atoms with E-state index in [1.807, 2.05) is 0 Å². The number of aliphatic hydroxyl groups is 1. The van der Waals surface area contributed by atoms with Crippen molar-refractivity contribution in [1.82, 2.24) is 24.8 Å². The average molecular weight is 467 g/mol. The number of nitrogens with one attached hydrogen (secondary N) is 1. The molecule has 0 spiro atoms. The van der Waals surface area contributed by atoms with Crippen molar-refractivity contribution in [2.24, 2.45) is 16.6 Å². The van der Waals surface area contributed by atoms with Crippen LogP contribution in [-0.4, -0.2) is 74.5 Å². The van der Waals surface area contributed by atoms with Gasteiger partial charge in [-0.1, -0.05) is 18.5 Å². The molecule has 2 unspecified atom stereocenters. The fraction of sp³-hybridized carbons (Fsp3) is 0.450. The number of aromatic nitrogens is 4. The largest absolute Gasteiger partial charge is 0.398 e. The van der Waals surface area contributed by atoms with Gasteiger partial charge in [-0.25, -0.2) is 28.7 Å². The third kappa shape index (κ3) is 5.72. The van der Waals surface area contributed by atoms with E-state index in [1.54, 1.807) is 13.0 Å². The lowest BCUT2D eigenvalue weighted by Gasteiger charge is -2.45. The van der Waals surface area contributed by atoms with Gasteiger partial charge in [-0.15, -0.1) is 0 Å². The van der Waals surface area contributed by atoms with E-state index in [0.717, 1.165) is 0 Å². The van der Waals surface area contributed by atoms with Crippen molar-refractivity contribution >= 4 is 29.3 Å². The highest BCUT2D eigenvalue weighted by Gasteiger charge is 2.46. The van der Waals surface area contributed by atoms with Gasteiger partial charge in [0.25, 0.3) is 5.92 Å². The number of alkyl halides is 2. The van der Waals surface area contributed by atoms with Crippen LogP contribution in [0.25, 0.3) is 5.57 Å². The summed E-state index contributed by atoms with van der Waals surface area (Å²) in [6.45, 7) is 1.25. The summed E-state index contributed by atoms with van der Waals surface area (Å²) in [5, 5.41) is 14.5. The minimum absolute atomic E-state index is 0.0700. The molecule has 172 valence electrons. The highest BCUT2D eigenvalue weighted by molar-refractivity contribution is 6.30. The number of anilines is 1. The van der Waals surface area contributed by atoms with Gasteiger partial charge in [-0.05, 0) is 12.0 Å². The number of hydrogen-bond donors (Lipinski definition) is 3. The van der Waals surface area contributed by atoms with E-state index in [4.69, 9.17) is 17.3 Å². The van der Waals surface area contributed by atoms with Gasteiger partial charge >= 0.3 is 0 Å². The predicted octanol–water partition coefficient (Wildman–Crippen LogP) is 2.07. The Hall–Kier alpha value is -2.76. The summed E-state index contributed by atoms with van der Waals surface area (Å²) in [5.41, 5.74) is 6.43. The molecule has 0 saturated carbocycles. The van der Waals surface area contributed by atoms with Gasteiger partial charge in [-0.2, -0.15) is 0 Å². The van der Waals surface area contributed by atoms with E-state index in [0.29, 0.717) is 11.0 Å². The van der Waals surface area contributed by atoms with Crippen molar-refractivity contribution < 1.29 is 13.9 Å². The zero-order valence-electron chi connectivity index (χ0n) is 17.7. The van der Waals surface area contributed by atoms with Crippen LogP contribution in [0.4, 0.5) is 14.7 Å². The number of halogens is 3. The Bertz CT molecular complexity index is 958. The Labute approximate surface area is 189 Å². The number of rotatable bonds is 7. The maximum atomic E-state index is 14.5. The topological polar surface area (TPSA) is 125 Å². The molecule has 0 bridgehead atoms. The fourth-order valence-electron chi connectivity index (χ4n) is 3.71. The molecule has 1 aliphatic rings. The summed E-state index contributed by atoms with van der Waals surface area (Å²) in [6.07, 6.45) is 5.45. The minimum atomic E-state index is -2.99. The second-order valence-corrected chi connectivity index (χ2v) is 8.02. The molecule has 3 heterocycles. The summed E-state index contributed by atoms with van der Waals surface area (Å²) < 4.78 is 28.9. The number of allylic oxidation sites excluding steroid dienone is 1. The summed E-state index contributed by atoms with van der Waals surface area (Å²) in [4.78, 5) is 21.6. The first kappa shape index (κ1) is 23.9. The lowest BCUT2D eigenvalue weighted by Crippen LogP contribution is -2.59. The third-order valence-electron chi connectivity index (χ3n) is 5.18. The van der Waals surface area contributed by atoms with Crippen molar-refractivity contribution in [3.05, 3.63) is 47.4 Å². The van der Waals surface area contributed by atoms with Crippen LogP contribution in [0.5, 0.6) is 0 Å². The number of aliphatic imine (C=N–C) groups is 1. The molecular weight excluding hydrogens is 442 g/mol. The molecule has 1 aliphatic heterocycles. The Morgan fingerprint density at radius 1 is 1.38 bits per heavy atom. The van der Waals surface area contributed by atoms with Crippen molar-refractivity contribution in [1.29, 1.82) is 0 Å². The van der Waals surface area contributed by atoms with Crippen LogP contribution in [0.15, 0.2) is 41.5 Å². The maximum Gasteiger partial charge on any atom is 0.261 e. The average Bonchev–Trinajstić information content (AvgIpc) is 2.76. The molecule has 9 nitrogen and oxygen atoms in total. The molecule has 2 aromatic heterocycles. The summed E-state index contributed by atoms with van der Waals surface area (Å²) >= 11 is 5.80. The van der Waals surface area contributed by atoms with Crippen molar-refractivity contribution in [2.45, 2.75) is 31.5 Å². The van der Waals surface area contributed by atoms with Crippen LogP contribution in [0.1, 0.15) is 19.2 Å². The Kier molecular flexibility index (Phi) is 7.64. The van der Waals surface area contributed by atoms with Gasteiger partial charge in [0.15, 0.2) is 5.82 Å². The summed E-state index contributed by atoms with van der Waals surface area (Å²) in [6, 6.07) is 1.14. The molecule has 3 rings (SSSR count). The molecule has 3 atom stereocenters. The van der Waals surface area contributed by atoms with Gasteiger partial charge in [-0.3, -0.25) is 9.89 Å². The number of aliphatic hydroxyl groups excluding tert-OH is 1. The molecule has 0 radical (unpaired) electrons. The molecular formula is C20H25ClF2N8O. The molecule has 32 heavy (non-hydrogen) atoms. The van der Waals surface area contributed by atoms with Gasteiger partial charge in [0.1, 0.15) is 6.23 Å². The van der Waals surface area contributed by atoms with E-state index >= 15 is 0 Å². The Morgan fingerprint density at radius 2 is 2.03 bits per heavy atom. The van der Waals surface area contributed by atoms with E-state index < -0.39 is 30.7 Å². The van der Waals surface area contributed by atoms with Gasteiger partial charge in [0, 0.05) is 44.7 Å². The number of nitrogens with zero attached hydrogens (tertiary/aromatic N) is 6. The Balaban J connectivity index is 1.90. The molecule has 1 fully saturated rings. The first-order chi connectivity index (χ1) is 15.2. The predicted molar refractivity (Wildman–Crippen MR) is 118 cm³/mol. The highest BCUT2D eigenvalue weighted by Crippen LogP contribution is 2.36. The van der Waals surface area contributed by atoms with Gasteiger partial charge in [0.05, 0.1) is 35.2 Å². The quantitative estimate of drug-likeness (QED) is 0.529. The normalized spacial score (nSPS) is 23.1. The first-order valence-electron chi connectivity index (χ1n) is 9.94. The lowest BCUT2D eigenvalue weighted by atomic mass is 9.87. The maximum absolute atomic E-state index is 14.5. The second kappa shape index (κ2) is 10.2.